The highest BCUT2D eigenvalue weighted by Gasteiger charge is 2.10. The number of benzene rings is 2. The first-order valence-electron chi connectivity index (χ1n) is 7.17. The van der Waals surface area contributed by atoms with Crippen LogP contribution < -0.4 is 14.9 Å². The molecule has 1 aliphatic heterocycles. The highest BCUT2D eigenvalue weighted by molar-refractivity contribution is 6.30. The number of halogens is 1. The maximum atomic E-state index is 11.8. The summed E-state index contributed by atoms with van der Waals surface area (Å²) in [6, 6.07) is 12.6. The molecule has 0 saturated heterocycles. The van der Waals surface area contributed by atoms with Crippen molar-refractivity contribution in [1.29, 1.82) is 0 Å². The van der Waals surface area contributed by atoms with E-state index in [-0.39, 0.29) is 12.3 Å². The Morgan fingerprint density at radius 1 is 1.13 bits per heavy atom. The first-order chi connectivity index (χ1) is 11.2. The van der Waals surface area contributed by atoms with Gasteiger partial charge in [-0.1, -0.05) is 23.7 Å². The molecule has 2 aromatic rings. The average Bonchev–Trinajstić information content (AvgIpc) is 2.57. The second kappa shape index (κ2) is 7.15. The zero-order chi connectivity index (χ0) is 16.1. The summed E-state index contributed by atoms with van der Waals surface area (Å²) in [6.07, 6.45) is 1.81. The van der Waals surface area contributed by atoms with Crippen LogP contribution in [0.1, 0.15) is 11.1 Å². The van der Waals surface area contributed by atoms with Crippen LogP contribution in [0, 0.1) is 0 Å². The lowest BCUT2D eigenvalue weighted by Gasteiger charge is -2.18. The van der Waals surface area contributed by atoms with Gasteiger partial charge in [0.05, 0.1) is 12.6 Å². The van der Waals surface area contributed by atoms with Gasteiger partial charge in [0.2, 0.25) is 5.91 Å². The molecule has 1 amide bonds. The lowest BCUT2D eigenvalue weighted by Crippen LogP contribution is -2.19. The predicted molar refractivity (Wildman–Crippen MR) is 88.3 cm³/mol. The predicted octanol–water partition coefficient (Wildman–Crippen LogP) is 2.80. The Kier molecular flexibility index (Phi) is 4.78. The standard InChI is InChI=1S/C17H15ClN2O3/c18-14-4-1-12(2-5-14)10-17(21)20-19-11-13-3-6-15-16(9-13)23-8-7-22-15/h1-6,9,11H,7-8,10H2,(H,20,21)/b19-11-. The molecule has 0 fully saturated rings. The van der Waals surface area contributed by atoms with E-state index in [1.807, 2.05) is 30.3 Å². The smallest absolute Gasteiger partial charge is 0.244 e. The summed E-state index contributed by atoms with van der Waals surface area (Å²) in [5, 5.41) is 4.60. The molecule has 1 heterocycles. The number of ether oxygens (including phenoxy) is 2. The normalized spacial score (nSPS) is 13.1. The van der Waals surface area contributed by atoms with Crippen molar-refractivity contribution in [3.63, 3.8) is 0 Å². The van der Waals surface area contributed by atoms with Crippen molar-refractivity contribution < 1.29 is 14.3 Å². The van der Waals surface area contributed by atoms with Crippen molar-refractivity contribution in [2.45, 2.75) is 6.42 Å². The first kappa shape index (κ1) is 15.4. The second-order valence-corrected chi connectivity index (χ2v) is 5.44. The molecule has 0 aromatic heterocycles. The summed E-state index contributed by atoms with van der Waals surface area (Å²) >= 11 is 5.81. The van der Waals surface area contributed by atoms with Gasteiger partial charge in [-0.3, -0.25) is 4.79 Å². The Labute approximate surface area is 138 Å². The highest BCUT2D eigenvalue weighted by atomic mass is 35.5. The lowest BCUT2D eigenvalue weighted by molar-refractivity contribution is -0.120. The number of carbonyl (C=O) groups excluding carboxylic acids is 1. The van der Waals surface area contributed by atoms with Gasteiger partial charge < -0.3 is 9.47 Å². The van der Waals surface area contributed by atoms with E-state index in [2.05, 4.69) is 10.5 Å². The molecular weight excluding hydrogens is 316 g/mol. The van der Waals surface area contributed by atoms with Crippen LogP contribution in [0.4, 0.5) is 0 Å². The molecule has 1 aliphatic rings. The summed E-state index contributed by atoms with van der Waals surface area (Å²) in [6.45, 7) is 1.09. The lowest BCUT2D eigenvalue weighted by atomic mass is 10.1. The summed E-state index contributed by atoms with van der Waals surface area (Å²) in [5.74, 6) is 1.22. The first-order valence-corrected chi connectivity index (χ1v) is 7.54. The van der Waals surface area contributed by atoms with Crippen molar-refractivity contribution in [2.75, 3.05) is 13.2 Å². The fourth-order valence-electron chi connectivity index (χ4n) is 2.15. The topological polar surface area (TPSA) is 59.9 Å². The number of nitrogens with zero attached hydrogens (tertiary/aromatic N) is 1. The molecule has 0 aliphatic carbocycles. The highest BCUT2D eigenvalue weighted by Crippen LogP contribution is 2.30. The third-order valence-corrected chi connectivity index (χ3v) is 3.50. The molecule has 1 N–H and O–H groups in total. The molecule has 2 aromatic carbocycles. The zero-order valence-corrected chi connectivity index (χ0v) is 13.0. The summed E-state index contributed by atoms with van der Waals surface area (Å²) < 4.78 is 10.9. The Morgan fingerprint density at radius 3 is 2.65 bits per heavy atom. The number of fused-ring (bicyclic) bond motifs is 1. The summed E-state index contributed by atoms with van der Waals surface area (Å²) in [4.78, 5) is 11.8. The van der Waals surface area contributed by atoms with Gasteiger partial charge in [0.1, 0.15) is 13.2 Å². The minimum atomic E-state index is -0.193. The van der Waals surface area contributed by atoms with Crippen LogP contribution in [0.2, 0.25) is 5.02 Å². The molecule has 5 nitrogen and oxygen atoms in total. The molecular formula is C17H15ClN2O3. The van der Waals surface area contributed by atoms with E-state index < -0.39 is 0 Å². The third-order valence-electron chi connectivity index (χ3n) is 3.25. The van der Waals surface area contributed by atoms with E-state index in [1.54, 1.807) is 18.3 Å². The minimum Gasteiger partial charge on any atom is -0.486 e. The van der Waals surface area contributed by atoms with Gasteiger partial charge in [0.25, 0.3) is 0 Å². The van der Waals surface area contributed by atoms with Crippen molar-refractivity contribution in [3.8, 4) is 11.5 Å². The Hall–Kier alpha value is -2.53. The third kappa shape index (κ3) is 4.23. The Bertz CT molecular complexity index is 729. The number of amides is 1. The van der Waals surface area contributed by atoms with Crippen LogP contribution >= 0.6 is 11.6 Å². The van der Waals surface area contributed by atoms with Gasteiger partial charge in [-0.25, -0.2) is 5.43 Å². The number of hydrogen-bond donors (Lipinski definition) is 1. The van der Waals surface area contributed by atoms with Gasteiger partial charge in [0.15, 0.2) is 11.5 Å². The maximum Gasteiger partial charge on any atom is 0.244 e. The Morgan fingerprint density at radius 2 is 1.87 bits per heavy atom. The minimum absolute atomic E-state index is 0.193. The molecule has 0 unspecified atom stereocenters. The van der Waals surface area contributed by atoms with Gasteiger partial charge in [0, 0.05) is 5.02 Å². The maximum absolute atomic E-state index is 11.8. The number of rotatable bonds is 4. The van der Waals surface area contributed by atoms with E-state index in [0.717, 1.165) is 16.9 Å². The van der Waals surface area contributed by atoms with Gasteiger partial charge in [-0.05, 0) is 41.5 Å². The van der Waals surface area contributed by atoms with Crippen LogP contribution in [0.15, 0.2) is 47.6 Å². The van der Waals surface area contributed by atoms with E-state index >= 15 is 0 Å². The van der Waals surface area contributed by atoms with Crippen molar-refractivity contribution >= 4 is 23.7 Å². The Balaban J connectivity index is 1.56. The van der Waals surface area contributed by atoms with E-state index in [4.69, 9.17) is 21.1 Å². The number of hydrogen-bond acceptors (Lipinski definition) is 4. The molecule has 0 atom stereocenters. The van der Waals surface area contributed by atoms with Gasteiger partial charge in [-0.2, -0.15) is 5.10 Å². The molecule has 118 valence electrons. The fraction of sp³-hybridized carbons (Fsp3) is 0.176. The van der Waals surface area contributed by atoms with Crippen LogP contribution in [-0.4, -0.2) is 25.3 Å². The fourth-order valence-corrected chi connectivity index (χ4v) is 2.27. The monoisotopic (exact) mass is 330 g/mol. The zero-order valence-electron chi connectivity index (χ0n) is 12.3. The van der Waals surface area contributed by atoms with Crippen LogP contribution in [0.3, 0.4) is 0 Å². The van der Waals surface area contributed by atoms with Crippen molar-refractivity contribution in [3.05, 3.63) is 58.6 Å². The SMILES string of the molecule is O=C(Cc1ccc(Cl)cc1)N/N=C\c1ccc2c(c1)OCCO2. The summed E-state index contributed by atoms with van der Waals surface area (Å²) in [5.41, 5.74) is 4.20. The van der Waals surface area contributed by atoms with Gasteiger partial charge in [-0.15, -0.1) is 0 Å². The number of hydrazone groups is 1. The second-order valence-electron chi connectivity index (χ2n) is 5.00. The average molecular weight is 331 g/mol. The summed E-state index contributed by atoms with van der Waals surface area (Å²) in [7, 11) is 0. The molecule has 6 heteroatoms. The van der Waals surface area contributed by atoms with Crippen molar-refractivity contribution in [1.82, 2.24) is 5.43 Å². The van der Waals surface area contributed by atoms with Crippen LogP contribution in [-0.2, 0) is 11.2 Å². The molecule has 0 saturated carbocycles. The number of nitrogens with one attached hydrogen (secondary N) is 1. The molecule has 23 heavy (non-hydrogen) atoms. The van der Waals surface area contributed by atoms with Crippen LogP contribution in [0.25, 0.3) is 0 Å². The quantitative estimate of drug-likeness (QED) is 0.692. The number of carbonyl (C=O) groups is 1. The van der Waals surface area contributed by atoms with Gasteiger partial charge >= 0.3 is 0 Å². The largest absolute Gasteiger partial charge is 0.486 e. The van der Waals surface area contributed by atoms with E-state index in [9.17, 15) is 4.79 Å². The van der Waals surface area contributed by atoms with Crippen molar-refractivity contribution in [2.24, 2.45) is 5.10 Å². The molecule has 0 radical (unpaired) electrons. The van der Waals surface area contributed by atoms with E-state index in [0.29, 0.717) is 24.0 Å². The molecule has 3 rings (SSSR count). The molecule has 0 bridgehead atoms. The van der Waals surface area contributed by atoms with Crippen LogP contribution in [0.5, 0.6) is 11.5 Å². The molecule has 0 spiro atoms. The van der Waals surface area contributed by atoms with E-state index in [1.165, 1.54) is 0 Å².